The van der Waals surface area contributed by atoms with Crippen LogP contribution < -0.4 is 16.0 Å². The molecule has 0 bridgehead atoms. The molecule has 1 saturated heterocycles. The number of carbonyl (C=O) groups excluding carboxylic acids is 1. The highest BCUT2D eigenvalue weighted by molar-refractivity contribution is 7.08. The van der Waals surface area contributed by atoms with E-state index in [1.165, 1.54) is 11.1 Å². The van der Waals surface area contributed by atoms with E-state index in [0.717, 1.165) is 24.4 Å². The molecule has 2 aromatic rings. The van der Waals surface area contributed by atoms with Crippen molar-refractivity contribution in [3.8, 4) is 0 Å². The zero-order valence-corrected chi connectivity index (χ0v) is 14.5. The quantitative estimate of drug-likeness (QED) is 0.791. The lowest BCUT2D eigenvalue weighted by atomic mass is 9.80. The molecule has 2 aliphatic heterocycles. The predicted octanol–water partition coefficient (Wildman–Crippen LogP) is 3.75. The highest BCUT2D eigenvalue weighted by atomic mass is 32.1. The predicted molar refractivity (Wildman–Crippen MR) is 101 cm³/mol. The first-order valence-corrected chi connectivity index (χ1v) is 9.59. The molecule has 5 heteroatoms. The van der Waals surface area contributed by atoms with Gasteiger partial charge in [-0.05, 0) is 71.3 Å². The van der Waals surface area contributed by atoms with Gasteiger partial charge in [-0.15, -0.1) is 0 Å². The molecule has 1 fully saturated rings. The first kappa shape index (κ1) is 14.9. The van der Waals surface area contributed by atoms with E-state index < -0.39 is 0 Å². The number of nitrogens with one attached hydrogen (secondary N) is 3. The van der Waals surface area contributed by atoms with Crippen molar-refractivity contribution in [2.24, 2.45) is 5.92 Å². The fraction of sp³-hybridized carbons (Fsp3) is 0.250. The van der Waals surface area contributed by atoms with Crippen LogP contribution in [-0.2, 0) is 0 Å². The van der Waals surface area contributed by atoms with Gasteiger partial charge in [0, 0.05) is 28.9 Å². The van der Waals surface area contributed by atoms with Crippen LogP contribution in [0.3, 0.4) is 0 Å². The minimum absolute atomic E-state index is 0.0482. The molecule has 1 aromatic heterocycles. The van der Waals surface area contributed by atoms with Crippen molar-refractivity contribution in [2.75, 3.05) is 11.9 Å². The van der Waals surface area contributed by atoms with Crippen LogP contribution in [0.4, 0.5) is 5.69 Å². The monoisotopic (exact) mass is 349 g/mol. The number of allylic oxidation sites excluding steroid dienone is 3. The summed E-state index contributed by atoms with van der Waals surface area (Å²) in [5.74, 6) is 0.464. The van der Waals surface area contributed by atoms with Gasteiger partial charge in [-0.25, -0.2) is 0 Å². The molecule has 0 spiro atoms. The molecule has 126 valence electrons. The molecule has 25 heavy (non-hydrogen) atoms. The Balaban J connectivity index is 1.47. The number of amides is 1. The Hall–Kier alpha value is -2.37. The van der Waals surface area contributed by atoms with E-state index in [4.69, 9.17) is 0 Å². The first-order chi connectivity index (χ1) is 12.3. The molecule has 3 unspecified atom stereocenters. The van der Waals surface area contributed by atoms with Gasteiger partial charge in [0.15, 0.2) is 0 Å². The van der Waals surface area contributed by atoms with E-state index in [-0.39, 0.29) is 5.91 Å². The number of hydrogen-bond acceptors (Lipinski definition) is 4. The summed E-state index contributed by atoms with van der Waals surface area (Å²) >= 11 is 1.74. The Bertz CT molecular complexity index is 884. The summed E-state index contributed by atoms with van der Waals surface area (Å²) in [4.78, 5) is 12.5. The zero-order chi connectivity index (χ0) is 16.8. The molecule has 1 amide bonds. The standard InChI is InChI=1S/C20H19N3OS/c24-20(22-14-2-1-3-14)12-4-5-17-16(10-12)19-15(6-8-21-19)18(23-17)13-7-9-25-11-13/h1-5,7,9-11,15,18-19,21,23H,6,8H2,(H,22,24). The van der Waals surface area contributed by atoms with Gasteiger partial charge in [0.2, 0.25) is 0 Å². The number of benzene rings is 1. The van der Waals surface area contributed by atoms with Gasteiger partial charge in [-0.3, -0.25) is 4.79 Å². The van der Waals surface area contributed by atoms with E-state index in [1.807, 2.05) is 36.4 Å². The Morgan fingerprint density at radius 2 is 2.16 bits per heavy atom. The van der Waals surface area contributed by atoms with Crippen molar-refractivity contribution >= 4 is 22.9 Å². The minimum Gasteiger partial charge on any atom is -0.378 e. The van der Waals surface area contributed by atoms with Gasteiger partial charge in [0.25, 0.3) is 5.91 Å². The van der Waals surface area contributed by atoms with Crippen LogP contribution in [0.1, 0.15) is 40.0 Å². The van der Waals surface area contributed by atoms with Crippen LogP contribution in [0.25, 0.3) is 0 Å². The summed E-state index contributed by atoms with van der Waals surface area (Å²) in [5.41, 5.74) is 5.28. The van der Waals surface area contributed by atoms with E-state index >= 15 is 0 Å². The molecule has 3 aliphatic rings. The molecule has 0 saturated carbocycles. The molecule has 5 rings (SSSR count). The van der Waals surface area contributed by atoms with Crippen molar-refractivity contribution in [2.45, 2.75) is 18.5 Å². The third-order valence-electron chi connectivity index (χ3n) is 5.37. The number of fused-ring (bicyclic) bond motifs is 3. The lowest BCUT2D eigenvalue weighted by Crippen LogP contribution is -2.32. The second kappa shape index (κ2) is 5.86. The van der Waals surface area contributed by atoms with Crippen molar-refractivity contribution in [3.05, 3.63) is 75.6 Å². The third kappa shape index (κ3) is 2.51. The first-order valence-electron chi connectivity index (χ1n) is 8.65. The minimum atomic E-state index is -0.0482. The summed E-state index contributed by atoms with van der Waals surface area (Å²) in [5, 5.41) is 14.7. The summed E-state index contributed by atoms with van der Waals surface area (Å²) in [7, 11) is 0. The zero-order valence-electron chi connectivity index (χ0n) is 13.7. The van der Waals surface area contributed by atoms with E-state index in [1.54, 1.807) is 11.3 Å². The summed E-state index contributed by atoms with van der Waals surface area (Å²) in [6.07, 6.45) is 6.87. The normalized spacial score (nSPS) is 26.1. The van der Waals surface area contributed by atoms with Gasteiger partial charge >= 0.3 is 0 Å². The van der Waals surface area contributed by atoms with Gasteiger partial charge in [-0.1, -0.05) is 6.08 Å². The largest absolute Gasteiger partial charge is 0.378 e. The van der Waals surface area contributed by atoms with Crippen molar-refractivity contribution in [1.29, 1.82) is 0 Å². The summed E-state index contributed by atoms with van der Waals surface area (Å²) in [6, 6.07) is 8.85. The lowest BCUT2D eigenvalue weighted by Gasteiger charge is -2.37. The van der Waals surface area contributed by atoms with Crippen LogP contribution in [0.15, 0.2) is 59.0 Å². The maximum Gasteiger partial charge on any atom is 0.255 e. The smallest absolute Gasteiger partial charge is 0.255 e. The van der Waals surface area contributed by atoms with E-state index in [9.17, 15) is 4.79 Å². The fourth-order valence-corrected chi connectivity index (χ4v) is 4.75. The van der Waals surface area contributed by atoms with Crippen molar-refractivity contribution in [3.63, 3.8) is 0 Å². The van der Waals surface area contributed by atoms with Gasteiger partial charge in [-0.2, -0.15) is 11.3 Å². The molecular formula is C20H19N3OS. The van der Waals surface area contributed by atoms with Crippen molar-refractivity contribution in [1.82, 2.24) is 10.6 Å². The molecule has 3 heterocycles. The average molecular weight is 349 g/mol. The van der Waals surface area contributed by atoms with Crippen LogP contribution in [-0.4, -0.2) is 12.5 Å². The molecule has 3 N–H and O–H groups in total. The summed E-state index contributed by atoms with van der Waals surface area (Å²) < 4.78 is 0. The highest BCUT2D eigenvalue weighted by Crippen LogP contribution is 2.47. The Labute approximate surface area is 150 Å². The molecule has 1 aliphatic carbocycles. The highest BCUT2D eigenvalue weighted by Gasteiger charge is 2.40. The van der Waals surface area contributed by atoms with Crippen molar-refractivity contribution < 1.29 is 4.79 Å². The van der Waals surface area contributed by atoms with Crippen LogP contribution in [0.2, 0.25) is 0 Å². The van der Waals surface area contributed by atoms with Crippen LogP contribution in [0.5, 0.6) is 0 Å². The SMILES string of the molecule is O=C(NC1=CC=C1)c1ccc2c(c1)C1NCCC1C(c1ccsc1)N2. The lowest BCUT2D eigenvalue weighted by molar-refractivity contribution is 0.0966. The summed E-state index contributed by atoms with van der Waals surface area (Å²) in [6.45, 7) is 1.02. The Kier molecular flexibility index (Phi) is 3.50. The molecular weight excluding hydrogens is 330 g/mol. The topological polar surface area (TPSA) is 53.2 Å². The number of thiophene rings is 1. The molecule has 3 atom stereocenters. The molecule has 0 radical (unpaired) electrons. The average Bonchev–Trinajstić information content (AvgIpc) is 3.28. The maximum atomic E-state index is 12.5. The van der Waals surface area contributed by atoms with Gasteiger partial charge < -0.3 is 16.0 Å². The molecule has 4 nitrogen and oxygen atoms in total. The number of carbonyl (C=O) groups is 1. The molecule has 1 aromatic carbocycles. The Morgan fingerprint density at radius 1 is 1.24 bits per heavy atom. The number of hydrogen-bond donors (Lipinski definition) is 3. The second-order valence-corrected chi connectivity index (χ2v) is 7.58. The van der Waals surface area contributed by atoms with Gasteiger partial charge in [0.1, 0.15) is 0 Å². The second-order valence-electron chi connectivity index (χ2n) is 6.80. The third-order valence-corrected chi connectivity index (χ3v) is 6.07. The van der Waals surface area contributed by atoms with Gasteiger partial charge in [0.05, 0.1) is 6.04 Å². The Morgan fingerprint density at radius 3 is 2.92 bits per heavy atom. The maximum absolute atomic E-state index is 12.5. The van der Waals surface area contributed by atoms with E-state index in [2.05, 4.69) is 32.8 Å². The number of rotatable bonds is 3. The van der Waals surface area contributed by atoms with Crippen LogP contribution >= 0.6 is 11.3 Å². The van der Waals surface area contributed by atoms with Crippen LogP contribution in [0, 0.1) is 5.92 Å². The fourth-order valence-electron chi connectivity index (χ4n) is 4.05. The van der Waals surface area contributed by atoms with E-state index in [0.29, 0.717) is 23.6 Å². The number of anilines is 1.